The molecule has 0 radical (unpaired) electrons. The Morgan fingerprint density at radius 3 is 2.17 bits per heavy atom. The van der Waals surface area contributed by atoms with Crippen LogP contribution >= 0.6 is 0 Å². The molecule has 0 saturated heterocycles. The molecule has 1 fully saturated rings. The molecule has 7 nitrogen and oxygen atoms in total. The van der Waals surface area contributed by atoms with Gasteiger partial charge in [-0.2, -0.15) is 0 Å². The quantitative estimate of drug-likeness (QED) is 0.365. The van der Waals surface area contributed by atoms with Gasteiger partial charge >= 0.3 is 0 Å². The highest BCUT2D eigenvalue weighted by Gasteiger charge is 2.33. The summed E-state index contributed by atoms with van der Waals surface area (Å²) in [6.07, 6.45) is 4.02. The number of hydrogen-bond acceptors (Lipinski definition) is 4. The second-order valence-corrected chi connectivity index (χ2v) is 12.6. The van der Waals surface area contributed by atoms with Crippen LogP contribution in [0.2, 0.25) is 0 Å². The Balaban J connectivity index is 1.69. The average molecular weight is 562 g/mol. The Hall–Kier alpha value is -3.65. The zero-order valence-electron chi connectivity index (χ0n) is 23.8. The summed E-state index contributed by atoms with van der Waals surface area (Å²) in [6.45, 7) is 7.21. The van der Waals surface area contributed by atoms with Gasteiger partial charge in [-0.1, -0.05) is 66.9 Å². The minimum absolute atomic E-state index is 0.103. The fourth-order valence-electron chi connectivity index (χ4n) is 5.00. The number of rotatable bonds is 10. The number of amides is 2. The molecule has 1 atom stereocenters. The Morgan fingerprint density at radius 2 is 1.55 bits per heavy atom. The normalized spacial score (nSPS) is 14.5. The van der Waals surface area contributed by atoms with Crippen LogP contribution in [-0.2, 0) is 26.2 Å². The van der Waals surface area contributed by atoms with E-state index in [4.69, 9.17) is 0 Å². The molecule has 0 spiro atoms. The van der Waals surface area contributed by atoms with Crippen LogP contribution in [0, 0.1) is 20.8 Å². The van der Waals surface area contributed by atoms with Gasteiger partial charge in [-0.05, 0) is 81.5 Å². The van der Waals surface area contributed by atoms with Gasteiger partial charge in [-0.25, -0.2) is 8.42 Å². The molecule has 8 heteroatoms. The molecule has 4 rings (SSSR count). The maximum absolute atomic E-state index is 14.0. The van der Waals surface area contributed by atoms with E-state index in [1.54, 1.807) is 43.3 Å². The summed E-state index contributed by atoms with van der Waals surface area (Å²) < 4.78 is 29.1. The number of carbonyl (C=O) groups excluding carboxylic acids is 2. The van der Waals surface area contributed by atoms with Crippen LogP contribution in [0.25, 0.3) is 0 Å². The molecule has 1 unspecified atom stereocenters. The summed E-state index contributed by atoms with van der Waals surface area (Å²) in [6, 6.07) is 20.7. The number of benzene rings is 3. The van der Waals surface area contributed by atoms with Crippen molar-refractivity contribution in [2.75, 3.05) is 10.8 Å². The predicted molar refractivity (Wildman–Crippen MR) is 158 cm³/mol. The Morgan fingerprint density at radius 1 is 0.900 bits per heavy atom. The summed E-state index contributed by atoms with van der Waals surface area (Å²) in [5.74, 6) is -0.679. The van der Waals surface area contributed by atoms with Gasteiger partial charge in [0.05, 0.1) is 10.6 Å². The lowest BCUT2D eigenvalue weighted by molar-refractivity contribution is -0.139. The van der Waals surface area contributed by atoms with Gasteiger partial charge in [-0.15, -0.1) is 0 Å². The third kappa shape index (κ3) is 6.91. The number of nitrogens with one attached hydrogen (secondary N) is 1. The summed E-state index contributed by atoms with van der Waals surface area (Å²) >= 11 is 0. The molecule has 3 aromatic rings. The molecule has 1 aliphatic carbocycles. The van der Waals surface area contributed by atoms with Crippen LogP contribution in [0.5, 0.6) is 0 Å². The largest absolute Gasteiger partial charge is 0.352 e. The lowest BCUT2D eigenvalue weighted by Gasteiger charge is -2.32. The summed E-state index contributed by atoms with van der Waals surface area (Å²) in [5.41, 5.74) is 4.13. The van der Waals surface area contributed by atoms with Crippen LogP contribution < -0.4 is 9.62 Å². The second-order valence-electron chi connectivity index (χ2n) is 10.8. The van der Waals surface area contributed by atoms with E-state index in [1.807, 2.05) is 57.2 Å². The first-order valence-electron chi connectivity index (χ1n) is 13.9. The maximum atomic E-state index is 14.0. The fourth-order valence-corrected chi connectivity index (χ4v) is 6.41. The van der Waals surface area contributed by atoms with Gasteiger partial charge < -0.3 is 10.2 Å². The van der Waals surface area contributed by atoms with Crippen molar-refractivity contribution in [1.82, 2.24) is 10.2 Å². The standard InChI is InChI=1S/C32H39N3O4S/c1-23-14-18-30(19-15-23)40(38,39)35(29-17-16-24(2)25(3)20-29)22-31(36)34(21-27-10-6-5-7-11-27)26(4)32(37)33-28-12-8-9-13-28/h5-7,10-11,14-20,26,28H,8-9,12-13,21-22H2,1-4H3,(H,33,37). The van der Waals surface area contributed by atoms with E-state index in [-0.39, 0.29) is 23.4 Å². The minimum Gasteiger partial charge on any atom is -0.352 e. The predicted octanol–water partition coefficient (Wildman–Crippen LogP) is 5.28. The molecule has 1 saturated carbocycles. The zero-order valence-corrected chi connectivity index (χ0v) is 24.6. The van der Waals surface area contributed by atoms with Gasteiger partial charge in [0.15, 0.2) is 0 Å². The Labute approximate surface area is 238 Å². The van der Waals surface area contributed by atoms with Crippen molar-refractivity contribution in [2.45, 2.75) is 76.9 Å². The van der Waals surface area contributed by atoms with Gasteiger partial charge in [0.25, 0.3) is 10.0 Å². The molecule has 0 aliphatic heterocycles. The van der Waals surface area contributed by atoms with Gasteiger partial charge in [0.2, 0.25) is 11.8 Å². The van der Waals surface area contributed by atoms with Crippen molar-refractivity contribution in [3.63, 3.8) is 0 Å². The summed E-state index contributed by atoms with van der Waals surface area (Å²) in [7, 11) is -4.08. The number of hydrogen-bond donors (Lipinski definition) is 1. The first-order valence-corrected chi connectivity index (χ1v) is 15.3. The Bertz CT molecular complexity index is 1430. The molecule has 3 aromatic carbocycles. The molecule has 1 N–H and O–H groups in total. The molecular formula is C32H39N3O4S. The van der Waals surface area contributed by atoms with Crippen molar-refractivity contribution in [2.24, 2.45) is 0 Å². The maximum Gasteiger partial charge on any atom is 0.264 e. The highest BCUT2D eigenvalue weighted by Crippen LogP contribution is 2.27. The van der Waals surface area contributed by atoms with Gasteiger partial charge in [0, 0.05) is 12.6 Å². The van der Waals surface area contributed by atoms with E-state index in [2.05, 4.69) is 5.32 Å². The van der Waals surface area contributed by atoms with Crippen molar-refractivity contribution in [1.29, 1.82) is 0 Å². The molecule has 40 heavy (non-hydrogen) atoms. The summed E-state index contributed by atoms with van der Waals surface area (Å²) in [5, 5.41) is 3.10. The Kier molecular flexibility index (Phi) is 9.30. The van der Waals surface area contributed by atoms with Gasteiger partial charge in [-0.3, -0.25) is 13.9 Å². The SMILES string of the molecule is Cc1ccc(S(=O)(=O)N(CC(=O)N(Cc2ccccc2)C(C)C(=O)NC2CCCC2)c2ccc(C)c(C)c2)cc1. The van der Waals surface area contributed by atoms with Crippen LogP contribution in [0.4, 0.5) is 5.69 Å². The molecule has 2 amide bonds. The fraction of sp³-hybridized carbons (Fsp3) is 0.375. The third-order valence-corrected chi connectivity index (χ3v) is 9.52. The average Bonchev–Trinajstić information content (AvgIpc) is 3.45. The zero-order chi connectivity index (χ0) is 28.9. The molecule has 1 aliphatic rings. The van der Waals surface area contributed by atoms with Crippen LogP contribution in [0.1, 0.15) is 54.9 Å². The number of nitrogens with zero attached hydrogens (tertiary/aromatic N) is 2. The van der Waals surface area contributed by atoms with E-state index in [0.717, 1.165) is 52.2 Å². The van der Waals surface area contributed by atoms with Crippen molar-refractivity contribution in [3.8, 4) is 0 Å². The van der Waals surface area contributed by atoms with E-state index in [9.17, 15) is 18.0 Å². The van der Waals surface area contributed by atoms with Crippen LogP contribution in [0.3, 0.4) is 0 Å². The number of sulfonamides is 1. The van der Waals surface area contributed by atoms with Crippen LogP contribution in [-0.4, -0.2) is 43.8 Å². The van der Waals surface area contributed by atoms with Crippen molar-refractivity contribution in [3.05, 3.63) is 95.1 Å². The van der Waals surface area contributed by atoms with E-state index < -0.39 is 28.5 Å². The monoisotopic (exact) mass is 561 g/mol. The highest BCUT2D eigenvalue weighted by molar-refractivity contribution is 7.92. The first-order chi connectivity index (χ1) is 19.1. The lowest BCUT2D eigenvalue weighted by Crippen LogP contribution is -2.52. The topological polar surface area (TPSA) is 86.8 Å². The van der Waals surface area contributed by atoms with E-state index >= 15 is 0 Å². The smallest absolute Gasteiger partial charge is 0.264 e. The number of carbonyl (C=O) groups is 2. The molecule has 212 valence electrons. The lowest BCUT2D eigenvalue weighted by atomic mass is 10.1. The first kappa shape index (κ1) is 29.3. The van der Waals surface area contributed by atoms with Crippen molar-refractivity contribution < 1.29 is 18.0 Å². The minimum atomic E-state index is -4.08. The van der Waals surface area contributed by atoms with Gasteiger partial charge in [0.1, 0.15) is 12.6 Å². The molecule has 0 bridgehead atoms. The molecular weight excluding hydrogens is 522 g/mol. The summed E-state index contributed by atoms with van der Waals surface area (Å²) in [4.78, 5) is 28.9. The molecule has 0 heterocycles. The second kappa shape index (κ2) is 12.7. The van der Waals surface area contributed by atoms with Crippen LogP contribution in [0.15, 0.2) is 77.7 Å². The van der Waals surface area contributed by atoms with Crippen molar-refractivity contribution >= 4 is 27.5 Å². The number of anilines is 1. The van der Waals surface area contributed by atoms with E-state index in [1.165, 1.54) is 4.90 Å². The molecule has 0 aromatic heterocycles. The third-order valence-electron chi connectivity index (χ3n) is 7.73. The number of aryl methyl sites for hydroxylation is 3. The van der Waals surface area contributed by atoms with E-state index in [0.29, 0.717) is 5.69 Å². The highest BCUT2D eigenvalue weighted by atomic mass is 32.2.